The van der Waals surface area contributed by atoms with E-state index in [1.807, 2.05) is 0 Å². The van der Waals surface area contributed by atoms with Crippen LogP contribution in [0.4, 0.5) is 0 Å². The number of carbonyl (C=O) groups is 1. The van der Waals surface area contributed by atoms with Gasteiger partial charge in [-0.25, -0.2) is 0 Å². The third-order valence-electron chi connectivity index (χ3n) is 4.54. The third kappa shape index (κ3) is 3.07. The first-order valence-electron chi connectivity index (χ1n) is 7.14. The predicted octanol–water partition coefficient (Wildman–Crippen LogP) is 1.59. The van der Waals surface area contributed by atoms with Gasteiger partial charge in [-0.15, -0.1) is 0 Å². The molecule has 1 aliphatic carbocycles. The maximum Gasteiger partial charge on any atom is 0.189 e. The molecule has 1 aliphatic heterocycles. The minimum Gasteiger partial charge on any atom is -0.327 e. The molecule has 2 unspecified atom stereocenters. The molecule has 2 atom stereocenters. The lowest BCUT2D eigenvalue weighted by molar-refractivity contribution is -0.921. The molecule has 0 amide bonds. The lowest BCUT2D eigenvalue weighted by Gasteiger charge is -2.31. The molecule has 0 spiro atoms. The van der Waals surface area contributed by atoms with Gasteiger partial charge < -0.3 is 4.90 Å². The second kappa shape index (κ2) is 5.81. The predicted molar refractivity (Wildman–Crippen MR) is 65.6 cm³/mol. The fourth-order valence-electron chi connectivity index (χ4n) is 3.31. The van der Waals surface area contributed by atoms with E-state index in [1.165, 1.54) is 57.9 Å². The molecule has 92 valence electrons. The van der Waals surface area contributed by atoms with Gasteiger partial charge >= 0.3 is 0 Å². The van der Waals surface area contributed by atoms with Gasteiger partial charge in [0.15, 0.2) is 5.78 Å². The van der Waals surface area contributed by atoms with Gasteiger partial charge in [0.05, 0.1) is 12.6 Å². The molecule has 0 aromatic rings. The second-order valence-electron chi connectivity index (χ2n) is 5.78. The van der Waals surface area contributed by atoms with Gasteiger partial charge in [-0.3, -0.25) is 4.79 Å². The van der Waals surface area contributed by atoms with Crippen LogP contribution in [0.2, 0.25) is 0 Å². The fourth-order valence-corrected chi connectivity index (χ4v) is 3.31. The Bertz CT molecular complexity index is 233. The summed E-state index contributed by atoms with van der Waals surface area (Å²) in [7, 11) is 0. The van der Waals surface area contributed by atoms with Gasteiger partial charge in [0.1, 0.15) is 6.54 Å². The summed E-state index contributed by atoms with van der Waals surface area (Å²) in [5, 5.41) is 0. The first kappa shape index (κ1) is 12.1. The van der Waals surface area contributed by atoms with Crippen LogP contribution in [0.15, 0.2) is 0 Å². The zero-order chi connectivity index (χ0) is 11.4. The molecule has 0 aromatic carbocycles. The van der Waals surface area contributed by atoms with Gasteiger partial charge in [0, 0.05) is 5.92 Å². The zero-order valence-corrected chi connectivity index (χ0v) is 10.6. The first-order chi connectivity index (χ1) is 7.77. The molecule has 2 nitrogen and oxygen atoms in total. The second-order valence-corrected chi connectivity index (χ2v) is 5.78. The van der Waals surface area contributed by atoms with E-state index < -0.39 is 0 Å². The van der Waals surface area contributed by atoms with E-state index in [4.69, 9.17) is 0 Å². The number of ketones is 1. The van der Waals surface area contributed by atoms with Crippen molar-refractivity contribution in [3.63, 3.8) is 0 Å². The number of quaternary nitrogens is 1. The Balaban J connectivity index is 1.80. The number of Topliss-reactive ketones (excluding diaryl/α,β-unsaturated/α-hetero) is 1. The highest BCUT2D eigenvalue weighted by atomic mass is 16.1. The molecule has 2 aliphatic rings. The summed E-state index contributed by atoms with van der Waals surface area (Å²) in [5.74, 6) is 0.971. The molecule has 1 saturated heterocycles. The van der Waals surface area contributed by atoms with Crippen LogP contribution in [-0.2, 0) is 4.79 Å². The summed E-state index contributed by atoms with van der Waals surface area (Å²) in [6, 6.07) is 0.710. The number of piperidine rings is 1. The van der Waals surface area contributed by atoms with Gasteiger partial charge in [-0.1, -0.05) is 19.3 Å². The monoisotopic (exact) mass is 224 g/mol. The molecule has 1 saturated carbocycles. The lowest BCUT2D eigenvalue weighted by Crippen LogP contribution is -3.17. The Morgan fingerprint density at radius 1 is 1.06 bits per heavy atom. The Morgan fingerprint density at radius 3 is 2.44 bits per heavy atom. The van der Waals surface area contributed by atoms with Crippen molar-refractivity contribution in [3.05, 3.63) is 0 Å². The summed E-state index contributed by atoms with van der Waals surface area (Å²) in [4.78, 5) is 13.7. The standard InChI is InChI=1S/C14H25NO/c1-12-7-5-6-10-15(12)11-14(16)13-8-3-2-4-9-13/h12-13H,2-11H2,1H3/p+1. The molecular formula is C14H26NO+. The molecule has 0 bridgehead atoms. The Kier molecular flexibility index (Phi) is 4.39. The van der Waals surface area contributed by atoms with Crippen molar-refractivity contribution >= 4 is 5.78 Å². The van der Waals surface area contributed by atoms with Crippen molar-refractivity contribution in [3.8, 4) is 0 Å². The maximum absolute atomic E-state index is 12.2. The number of rotatable bonds is 3. The SMILES string of the molecule is CC1CCCC[NH+]1CC(=O)C1CCCCC1. The quantitative estimate of drug-likeness (QED) is 0.772. The number of carbonyl (C=O) groups excluding carboxylic acids is 1. The van der Waals surface area contributed by atoms with E-state index in [9.17, 15) is 4.79 Å². The van der Waals surface area contributed by atoms with Crippen LogP contribution < -0.4 is 4.90 Å². The van der Waals surface area contributed by atoms with E-state index in [1.54, 1.807) is 4.90 Å². The van der Waals surface area contributed by atoms with E-state index in [-0.39, 0.29) is 0 Å². The van der Waals surface area contributed by atoms with E-state index in [0.717, 1.165) is 6.54 Å². The normalized spacial score (nSPS) is 32.6. The number of hydrogen-bond acceptors (Lipinski definition) is 1. The summed E-state index contributed by atoms with van der Waals surface area (Å²) < 4.78 is 0. The lowest BCUT2D eigenvalue weighted by atomic mass is 9.86. The Hall–Kier alpha value is -0.370. The van der Waals surface area contributed by atoms with Crippen molar-refractivity contribution in [2.45, 2.75) is 64.3 Å². The zero-order valence-electron chi connectivity index (χ0n) is 10.6. The summed E-state index contributed by atoms with van der Waals surface area (Å²) in [5.41, 5.74) is 0. The molecule has 1 N–H and O–H groups in total. The van der Waals surface area contributed by atoms with E-state index >= 15 is 0 Å². The minimum absolute atomic E-state index is 0.412. The topological polar surface area (TPSA) is 21.5 Å². The average Bonchev–Trinajstić information content (AvgIpc) is 2.33. The van der Waals surface area contributed by atoms with Gasteiger partial charge in [-0.05, 0) is 39.0 Å². The molecule has 16 heavy (non-hydrogen) atoms. The van der Waals surface area contributed by atoms with Crippen molar-refractivity contribution in [2.75, 3.05) is 13.1 Å². The molecule has 0 radical (unpaired) electrons. The largest absolute Gasteiger partial charge is 0.327 e. The van der Waals surface area contributed by atoms with Crippen LogP contribution in [-0.4, -0.2) is 24.9 Å². The first-order valence-corrected chi connectivity index (χ1v) is 7.14. The Labute approximate surface area is 99.4 Å². The molecule has 2 heteroatoms. The number of likely N-dealkylation sites (tertiary alicyclic amines) is 1. The van der Waals surface area contributed by atoms with Crippen LogP contribution in [0, 0.1) is 5.92 Å². The third-order valence-corrected chi connectivity index (χ3v) is 4.54. The minimum atomic E-state index is 0.412. The van der Waals surface area contributed by atoms with Crippen molar-refractivity contribution < 1.29 is 9.69 Å². The number of hydrogen-bond donors (Lipinski definition) is 1. The molecule has 0 aromatic heterocycles. The fraction of sp³-hybridized carbons (Fsp3) is 0.929. The molecule has 2 fully saturated rings. The molecule has 1 heterocycles. The van der Waals surface area contributed by atoms with Crippen LogP contribution in [0.5, 0.6) is 0 Å². The van der Waals surface area contributed by atoms with Gasteiger partial charge in [0.2, 0.25) is 0 Å². The highest BCUT2D eigenvalue weighted by molar-refractivity contribution is 5.81. The van der Waals surface area contributed by atoms with Gasteiger partial charge in [0.25, 0.3) is 0 Å². The molecule has 2 rings (SSSR count). The summed E-state index contributed by atoms with van der Waals surface area (Å²) in [6.07, 6.45) is 10.2. The van der Waals surface area contributed by atoms with E-state index in [0.29, 0.717) is 17.7 Å². The maximum atomic E-state index is 12.2. The Morgan fingerprint density at radius 2 is 1.75 bits per heavy atom. The van der Waals surface area contributed by atoms with Crippen LogP contribution >= 0.6 is 0 Å². The number of nitrogens with one attached hydrogen (secondary N) is 1. The summed E-state index contributed by atoms with van der Waals surface area (Å²) >= 11 is 0. The highest BCUT2D eigenvalue weighted by Gasteiger charge is 2.28. The van der Waals surface area contributed by atoms with Crippen molar-refractivity contribution in [1.29, 1.82) is 0 Å². The summed E-state index contributed by atoms with van der Waals surface area (Å²) in [6.45, 7) is 4.34. The van der Waals surface area contributed by atoms with Crippen LogP contribution in [0.1, 0.15) is 58.3 Å². The van der Waals surface area contributed by atoms with Crippen LogP contribution in [0.3, 0.4) is 0 Å². The highest BCUT2D eigenvalue weighted by Crippen LogP contribution is 2.23. The van der Waals surface area contributed by atoms with E-state index in [2.05, 4.69) is 6.92 Å². The molecular weight excluding hydrogens is 198 g/mol. The smallest absolute Gasteiger partial charge is 0.189 e. The average molecular weight is 224 g/mol. The van der Waals surface area contributed by atoms with Crippen LogP contribution in [0.25, 0.3) is 0 Å². The van der Waals surface area contributed by atoms with Crippen molar-refractivity contribution in [1.82, 2.24) is 0 Å². The van der Waals surface area contributed by atoms with Crippen molar-refractivity contribution in [2.24, 2.45) is 5.92 Å². The van der Waals surface area contributed by atoms with Gasteiger partial charge in [-0.2, -0.15) is 0 Å².